The van der Waals surface area contributed by atoms with Gasteiger partial charge in [-0.25, -0.2) is 18.4 Å². The zero-order chi connectivity index (χ0) is 27.3. The Morgan fingerprint density at radius 1 is 0.921 bits per heavy atom. The van der Waals surface area contributed by atoms with Gasteiger partial charge in [-0.2, -0.15) is 0 Å². The first-order chi connectivity index (χ1) is 18.2. The smallest absolute Gasteiger partial charge is 0.263 e. The molecule has 0 fully saturated rings. The van der Waals surface area contributed by atoms with Gasteiger partial charge < -0.3 is 30.9 Å². The van der Waals surface area contributed by atoms with Crippen LogP contribution in [0, 0.1) is 0 Å². The number of nitrogens with two attached hydrogens (primary N) is 1. The number of hydrogen-bond donors (Lipinski definition) is 5. The average molecular weight is 539 g/mol. The van der Waals surface area contributed by atoms with Crippen molar-refractivity contribution in [2.75, 3.05) is 36.2 Å². The first-order valence-corrected chi connectivity index (χ1v) is 12.8. The highest BCUT2D eigenvalue weighted by Gasteiger charge is 2.21. The van der Waals surface area contributed by atoms with Crippen molar-refractivity contribution in [3.8, 4) is 11.5 Å². The van der Waals surface area contributed by atoms with Crippen LogP contribution in [0.5, 0.6) is 11.5 Å². The van der Waals surface area contributed by atoms with Crippen LogP contribution in [0.4, 0.5) is 23.0 Å². The number of carbonyl (C=O) groups excluding carboxylic acids is 1. The number of aromatic nitrogens is 2. The molecule has 0 radical (unpaired) electrons. The second-order valence-corrected chi connectivity index (χ2v) is 9.73. The summed E-state index contributed by atoms with van der Waals surface area (Å²) in [5.74, 6) is 0.462. The Bertz CT molecular complexity index is 1560. The maximum atomic E-state index is 13.3. The van der Waals surface area contributed by atoms with Crippen LogP contribution < -0.4 is 30.6 Å². The van der Waals surface area contributed by atoms with E-state index in [1.807, 2.05) is 0 Å². The van der Waals surface area contributed by atoms with Crippen molar-refractivity contribution >= 4 is 50.0 Å². The van der Waals surface area contributed by atoms with Gasteiger partial charge >= 0.3 is 0 Å². The molecule has 0 bridgehead atoms. The lowest BCUT2D eigenvalue weighted by Crippen LogP contribution is -2.38. The number of rotatable bonds is 10. The fraction of sp³-hybridized carbons (Fsp3) is 0.160. The van der Waals surface area contributed by atoms with Gasteiger partial charge in [-0.05, 0) is 30.3 Å². The predicted molar refractivity (Wildman–Crippen MR) is 143 cm³/mol. The highest BCUT2D eigenvalue weighted by Crippen LogP contribution is 2.31. The number of para-hydroxylation sites is 2. The molecular weight excluding hydrogens is 512 g/mol. The molecule has 0 spiro atoms. The Balaban J connectivity index is 1.71. The van der Waals surface area contributed by atoms with E-state index in [4.69, 9.17) is 20.3 Å². The van der Waals surface area contributed by atoms with E-state index < -0.39 is 28.6 Å². The summed E-state index contributed by atoms with van der Waals surface area (Å²) in [6.45, 7) is -0.555. The molecule has 198 valence electrons. The maximum Gasteiger partial charge on any atom is 0.263 e. The second-order valence-electron chi connectivity index (χ2n) is 8.05. The molecule has 1 aromatic heterocycles. The van der Waals surface area contributed by atoms with Gasteiger partial charge in [-0.15, -0.1) is 0 Å². The third-order valence-corrected chi connectivity index (χ3v) is 6.70. The molecule has 3 aromatic carbocycles. The predicted octanol–water partition coefficient (Wildman–Crippen LogP) is 2.45. The molecule has 12 nitrogen and oxygen atoms in total. The normalized spacial score (nSPS) is 12.0. The quantitative estimate of drug-likeness (QED) is 0.201. The number of sulfonamides is 1. The average Bonchev–Trinajstić information content (AvgIpc) is 2.92. The van der Waals surface area contributed by atoms with E-state index in [1.165, 1.54) is 38.5 Å². The molecule has 0 saturated heterocycles. The van der Waals surface area contributed by atoms with Gasteiger partial charge in [0.05, 0.1) is 36.8 Å². The lowest BCUT2D eigenvalue weighted by Gasteiger charge is -2.15. The van der Waals surface area contributed by atoms with Crippen molar-refractivity contribution in [2.24, 2.45) is 5.73 Å². The lowest BCUT2D eigenvalue weighted by atomic mass is 10.2. The van der Waals surface area contributed by atoms with Gasteiger partial charge in [0.1, 0.15) is 17.5 Å². The Hall–Kier alpha value is -4.46. The van der Waals surface area contributed by atoms with E-state index in [-0.39, 0.29) is 22.2 Å². The number of nitrogens with one attached hydrogen (secondary N) is 3. The van der Waals surface area contributed by atoms with Crippen LogP contribution in [0.15, 0.2) is 71.6 Å². The molecule has 1 amide bonds. The monoisotopic (exact) mass is 538 g/mol. The van der Waals surface area contributed by atoms with Gasteiger partial charge in [0.15, 0.2) is 11.6 Å². The number of anilines is 4. The van der Waals surface area contributed by atoms with Crippen LogP contribution in [-0.2, 0) is 14.8 Å². The third kappa shape index (κ3) is 6.08. The van der Waals surface area contributed by atoms with Crippen LogP contribution in [-0.4, -0.2) is 56.3 Å². The van der Waals surface area contributed by atoms with E-state index in [1.54, 1.807) is 42.5 Å². The van der Waals surface area contributed by atoms with Gasteiger partial charge in [-0.3, -0.25) is 9.52 Å². The van der Waals surface area contributed by atoms with E-state index in [2.05, 4.69) is 25.3 Å². The number of hydrogen-bond acceptors (Lipinski definition) is 10. The Morgan fingerprint density at radius 3 is 2.16 bits per heavy atom. The van der Waals surface area contributed by atoms with E-state index in [9.17, 15) is 13.2 Å². The van der Waals surface area contributed by atoms with Crippen molar-refractivity contribution in [1.29, 1.82) is 0 Å². The van der Waals surface area contributed by atoms with Crippen molar-refractivity contribution < 1.29 is 27.8 Å². The zero-order valence-corrected chi connectivity index (χ0v) is 21.3. The topological polar surface area (TPSA) is 178 Å². The standard InChI is InChI=1S/C25H26N6O6S/c1-36-17-10-16(11-18(13-17)37-2)27-23-24(30-22-9-4-3-8-21(22)29-23)31-38(34,35)19-7-5-6-15(12-19)28-25(33)20(26)14-32/h3-13,20,32H,14,26H2,1-2H3,(H,27,29)(H,28,33)(H,30,31). The minimum atomic E-state index is -4.18. The lowest BCUT2D eigenvalue weighted by molar-refractivity contribution is -0.118. The summed E-state index contributed by atoms with van der Waals surface area (Å²) in [4.78, 5) is 20.9. The molecule has 1 unspecified atom stereocenters. The largest absolute Gasteiger partial charge is 0.497 e. The van der Waals surface area contributed by atoms with Crippen LogP contribution in [0.1, 0.15) is 0 Å². The number of aliphatic hydroxyl groups excluding tert-OH is 1. The first kappa shape index (κ1) is 26.6. The number of fused-ring (bicyclic) bond motifs is 1. The molecule has 0 aliphatic heterocycles. The van der Waals surface area contributed by atoms with Crippen molar-refractivity contribution in [1.82, 2.24) is 9.97 Å². The van der Waals surface area contributed by atoms with Gasteiger partial charge in [0, 0.05) is 29.6 Å². The minimum Gasteiger partial charge on any atom is -0.497 e. The molecule has 13 heteroatoms. The molecule has 0 aliphatic carbocycles. The number of nitrogens with zero attached hydrogens (tertiary/aromatic N) is 2. The number of amides is 1. The molecule has 0 aliphatic rings. The van der Waals surface area contributed by atoms with Crippen LogP contribution in [0.3, 0.4) is 0 Å². The SMILES string of the molecule is COc1cc(Nc2nc3ccccc3nc2NS(=O)(=O)c2cccc(NC(=O)C(N)CO)c2)cc(OC)c1. The number of benzene rings is 3. The van der Waals surface area contributed by atoms with Crippen LogP contribution in [0.25, 0.3) is 11.0 Å². The summed E-state index contributed by atoms with van der Waals surface area (Å²) in [6, 6.07) is 16.5. The van der Waals surface area contributed by atoms with Gasteiger partial charge in [-0.1, -0.05) is 18.2 Å². The maximum absolute atomic E-state index is 13.3. The third-order valence-electron chi connectivity index (χ3n) is 5.36. The Labute approximate surface area is 218 Å². The summed E-state index contributed by atoms with van der Waals surface area (Å²) in [7, 11) is -1.15. The Morgan fingerprint density at radius 2 is 1.55 bits per heavy atom. The highest BCUT2D eigenvalue weighted by molar-refractivity contribution is 7.92. The first-order valence-electron chi connectivity index (χ1n) is 11.3. The van der Waals surface area contributed by atoms with Crippen LogP contribution in [0.2, 0.25) is 0 Å². The Kier molecular flexibility index (Phi) is 7.90. The van der Waals surface area contributed by atoms with Crippen molar-refractivity contribution in [3.05, 3.63) is 66.7 Å². The minimum absolute atomic E-state index is 0.0535. The number of aliphatic hydroxyl groups is 1. The van der Waals surface area contributed by atoms with Gasteiger partial charge in [0.2, 0.25) is 5.91 Å². The van der Waals surface area contributed by atoms with E-state index >= 15 is 0 Å². The van der Waals surface area contributed by atoms with E-state index in [0.717, 1.165) is 0 Å². The van der Waals surface area contributed by atoms with Crippen molar-refractivity contribution in [3.63, 3.8) is 0 Å². The molecule has 4 rings (SSSR count). The van der Waals surface area contributed by atoms with Crippen molar-refractivity contribution in [2.45, 2.75) is 10.9 Å². The van der Waals surface area contributed by atoms with Gasteiger partial charge in [0.25, 0.3) is 10.0 Å². The number of ether oxygens (including phenoxy) is 2. The van der Waals surface area contributed by atoms with E-state index in [0.29, 0.717) is 28.2 Å². The fourth-order valence-electron chi connectivity index (χ4n) is 3.42. The summed E-state index contributed by atoms with van der Waals surface area (Å²) >= 11 is 0. The summed E-state index contributed by atoms with van der Waals surface area (Å²) < 4.78 is 39.8. The fourth-order valence-corrected chi connectivity index (χ4v) is 4.47. The molecule has 6 N–H and O–H groups in total. The number of carbonyl (C=O) groups is 1. The molecule has 4 aromatic rings. The molecular formula is C25H26N6O6S. The summed E-state index contributed by atoms with van der Waals surface area (Å²) in [6.07, 6.45) is 0. The molecule has 0 saturated carbocycles. The summed E-state index contributed by atoms with van der Waals surface area (Å²) in [5, 5.41) is 14.6. The molecule has 1 atom stereocenters. The highest BCUT2D eigenvalue weighted by atomic mass is 32.2. The zero-order valence-electron chi connectivity index (χ0n) is 20.5. The number of methoxy groups -OCH3 is 2. The summed E-state index contributed by atoms with van der Waals surface area (Å²) in [5.41, 5.74) is 7.24. The molecule has 38 heavy (non-hydrogen) atoms. The molecule has 1 heterocycles. The second kappa shape index (κ2) is 11.3. The van der Waals surface area contributed by atoms with Crippen LogP contribution >= 0.6 is 0 Å².